The van der Waals surface area contributed by atoms with Crippen molar-refractivity contribution in [1.82, 2.24) is 14.9 Å². The van der Waals surface area contributed by atoms with E-state index in [1.165, 1.54) is 0 Å². The molecule has 5 nitrogen and oxygen atoms in total. The Morgan fingerprint density at radius 1 is 1.14 bits per heavy atom. The number of carbonyl (C=O) groups is 1. The maximum atomic E-state index is 12.5. The topological polar surface area (TPSA) is 49.3 Å². The van der Waals surface area contributed by atoms with Crippen LogP contribution in [0.1, 0.15) is 18.5 Å². The summed E-state index contributed by atoms with van der Waals surface area (Å²) >= 11 is 1.94. The monoisotopic (exact) mass is 306 g/mol. The predicted molar refractivity (Wildman–Crippen MR) is 85.6 cm³/mol. The van der Waals surface area contributed by atoms with Crippen molar-refractivity contribution in [2.45, 2.75) is 19.8 Å². The van der Waals surface area contributed by atoms with Gasteiger partial charge >= 0.3 is 0 Å². The SMILES string of the molecule is Cc1nccnc1N1CCC(C(=O)N2CCSCC2)CC1. The van der Waals surface area contributed by atoms with Crippen molar-refractivity contribution in [3.63, 3.8) is 0 Å². The number of anilines is 1. The molecule has 0 radical (unpaired) electrons. The highest BCUT2D eigenvalue weighted by Crippen LogP contribution is 2.25. The number of rotatable bonds is 2. The van der Waals surface area contributed by atoms with E-state index in [0.29, 0.717) is 5.91 Å². The van der Waals surface area contributed by atoms with E-state index in [9.17, 15) is 4.79 Å². The van der Waals surface area contributed by atoms with E-state index in [2.05, 4.69) is 19.8 Å². The second kappa shape index (κ2) is 6.64. The fraction of sp³-hybridized carbons (Fsp3) is 0.667. The standard InChI is InChI=1S/C15H22N4OS/c1-12-14(17-5-4-16-12)18-6-2-13(3-7-18)15(20)19-8-10-21-11-9-19/h4-5,13H,2-3,6-11H2,1H3. The third-order valence-electron chi connectivity index (χ3n) is 4.32. The van der Waals surface area contributed by atoms with E-state index in [1.807, 2.05) is 18.7 Å². The highest BCUT2D eigenvalue weighted by molar-refractivity contribution is 7.99. The fourth-order valence-corrected chi connectivity index (χ4v) is 3.99. The highest BCUT2D eigenvalue weighted by atomic mass is 32.2. The summed E-state index contributed by atoms with van der Waals surface area (Å²) in [6.45, 7) is 5.64. The lowest BCUT2D eigenvalue weighted by Crippen LogP contribution is -2.45. The quantitative estimate of drug-likeness (QED) is 0.830. The molecule has 2 saturated heterocycles. The minimum Gasteiger partial charge on any atom is -0.355 e. The zero-order valence-corrected chi connectivity index (χ0v) is 13.3. The van der Waals surface area contributed by atoms with E-state index in [-0.39, 0.29) is 5.92 Å². The van der Waals surface area contributed by atoms with Gasteiger partial charge in [0.25, 0.3) is 0 Å². The largest absolute Gasteiger partial charge is 0.355 e. The van der Waals surface area contributed by atoms with Crippen LogP contribution in [-0.4, -0.2) is 58.5 Å². The van der Waals surface area contributed by atoms with Crippen LogP contribution in [0.2, 0.25) is 0 Å². The van der Waals surface area contributed by atoms with Crippen molar-refractivity contribution in [3.05, 3.63) is 18.1 Å². The van der Waals surface area contributed by atoms with Gasteiger partial charge in [0.05, 0.1) is 5.69 Å². The number of hydrogen-bond donors (Lipinski definition) is 0. The number of carbonyl (C=O) groups excluding carboxylic acids is 1. The van der Waals surface area contributed by atoms with Gasteiger partial charge in [0, 0.05) is 56.0 Å². The van der Waals surface area contributed by atoms with Crippen LogP contribution < -0.4 is 4.90 Å². The maximum Gasteiger partial charge on any atom is 0.225 e. The van der Waals surface area contributed by atoms with E-state index < -0.39 is 0 Å². The van der Waals surface area contributed by atoms with Crippen molar-refractivity contribution in [3.8, 4) is 0 Å². The first kappa shape index (κ1) is 14.6. The normalized spacial score (nSPS) is 20.6. The smallest absolute Gasteiger partial charge is 0.225 e. The van der Waals surface area contributed by atoms with Crippen LogP contribution >= 0.6 is 11.8 Å². The summed E-state index contributed by atoms with van der Waals surface area (Å²) in [5, 5.41) is 0. The number of hydrogen-bond acceptors (Lipinski definition) is 5. The summed E-state index contributed by atoms with van der Waals surface area (Å²) < 4.78 is 0. The molecule has 1 aromatic rings. The number of aromatic nitrogens is 2. The number of aryl methyl sites for hydroxylation is 1. The van der Waals surface area contributed by atoms with Crippen molar-refractivity contribution >= 4 is 23.5 Å². The molecule has 114 valence electrons. The van der Waals surface area contributed by atoms with Gasteiger partial charge < -0.3 is 9.80 Å². The van der Waals surface area contributed by atoms with Crippen molar-refractivity contribution in [2.75, 3.05) is 42.6 Å². The first-order valence-electron chi connectivity index (χ1n) is 7.65. The Balaban J connectivity index is 1.57. The molecule has 2 aliphatic heterocycles. The molecule has 1 amide bonds. The molecule has 3 rings (SSSR count). The molecule has 0 aliphatic carbocycles. The molecule has 2 fully saturated rings. The Morgan fingerprint density at radius 3 is 2.48 bits per heavy atom. The van der Waals surface area contributed by atoms with Crippen molar-refractivity contribution < 1.29 is 4.79 Å². The van der Waals surface area contributed by atoms with Gasteiger partial charge in [0.1, 0.15) is 5.82 Å². The van der Waals surface area contributed by atoms with Gasteiger partial charge in [0.2, 0.25) is 5.91 Å². The van der Waals surface area contributed by atoms with Crippen LogP contribution in [0.15, 0.2) is 12.4 Å². The first-order chi connectivity index (χ1) is 10.3. The second-order valence-electron chi connectivity index (χ2n) is 5.66. The van der Waals surface area contributed by atoms with E-state index in [1.54, 1.807) is 12.4 Å². The molecule has 2 aliphatic rings. The summed E-state index contributed by atoms with van der Waals surface area (Å²) in [5.74, 6) is 3.71. The first-order valence-corrected chi connectivity index (χ1v) is 8.80. The van der Waals surface area contributed by atoms with Gasteiger partial charge in [-0.25, -0.2) is 4.98 Å². The van der Waals surface area contributed by atoms with Gasteiger partial charge in [-0.2, -0.15) is 11.8 Å². The van der Waals surface area contributed by atoms with Crippen molar-refractivity contribution in [2.24, 2.45) is 5.92 Å². The average molecular weight is 306 g/mol. The number of amides is 1. The van der Waals surface area contributed by atoms with Gasteiger partial charge in [-0.1, -0.05) is 0 Å². The summed E-state index contributed by atoms with van der Waals surface area (Å²) in [5.41, 5.74) is 0.968. The Labute approximate surface area is 130 Å². The molecule has 0 bridgehead atoms. The number of piperidine rings is 1. The average Bonchev–Trinajstić information content (AvgIpc) is 2.56. The van der Waals surface area contributed by atoms with Gasteiger partial charge in [0.15, 0.2) is 0 Å². The van der Waals surface area contributed by atoms with Crippen LogP contribution in [0.3, 0.4) is 0 Å². The van der Waals surface area contributed by atoms with Crippen LogP contribution in [0, 0.1) is 12.8 Å². The van der Waals surface area contributed by atoms with E-state index in [0.717, 1.165) is 62.0 Å². The molecule has 0 aromatic carbocycles. The summed E-state index contributed by atoms with van der Waals surface area (Å²) in [7, 11) is 0. The molecular formula is C15H22N4OS. The lowest BCUT2D eigenvalue weighted by atomic mass is 9.95. The van der Waals surface area contributed by atoms with Gasteiger partial charge in [-0.05, 0) is 19.8 Å². The minimum absolute atomic E-state index is 0.196. The van der Waals surface area contributed by atoms with Gasteiger partial charge in [-0.3, -0.25) is 9.78 Å². The Morgan fingerprint density at radius 2 is 1.81 bits per heavy atom. The Bertz CT molecular complexity index is 496. The molecule has 0 saturated carbocycles. The van der Waals surface area contributed by atoms with Crippen LogP contribution in [0.25, 0.3) is 0 Å². The molecule has 0 unspecified atom stereocenters. The molecule has 6 heteroatoms. The molecular weight excluding hydrogens is 284 g/mol. The molecule has 3 heterocycles. The molecule has 0 N–H and O–H groups in total. The lowest BCUT2D eigenvalue weighted by Gasteiger charge is -2.36. The lowest BCUT2D eigenvalue weighted by molar-refractivity contribution is -0.135. The van der Waals surface area contributed by atoms with E-state index in [4.69, 9.17) is 0 Å². The van der Waals surface area contributed by atoms with Crippen LogP contribution in [-0.2, 0) is 4.79 Å². The van der Waals surface area contributed by atoms with Crippen LogP contribution in [0.4, 0.5) is 5.82 Å². The summed E-state index contributed by atoms with van der Waals surface area (Å²) in [6.07, 6.45) is 5.32. The molecule has 1 aromatic heterocycles. The minimum atomic E-state index is 0.196. The van der Waals surface area contributed by atoms with Gasteiger partial charge in [-0.15, -0.1) is 0 Å². The highest BCUT2D eigenvalue weighted by Gasteiger charge is 2.30. The summed E-state index contributed by atoms with van der Waals surface area (Å²) in [4.78, 5) is 25.6. The fourth-order valence-electron chi connectivity index (χ4n) is 3.09. The zero-order chi connectivity index (χ0) is 14.7. The maximum absolute atomic E-state index is 12.5. The molecule has 0 spiro atoms. The third-order valence-corrected chi connectivity index (χ3v) is 5.26. The predicted octanol–water partition coefficient (Wildman–Crippen LogP) is 1.58. The second-order valence-corrected chi connectivity index (χ2v) is 6.89. The molecule has 0 atom stereocenters. The number of nitrogens with zero attached hydrogens (tertiary/aromatic N) is 4. The van der Waals surface area contributed by atoms with Crippen molar-refractivity contribution in [1.29, 1.82) is 0 Å². The third kappa shape index (κ3) is 3.31. The Hall–Kier alpha value is -1.30. The Kier molecular flexibility index (Phi) is 4.63. The zero-order valence-electron chi connectivity index (χ0n) is 12.5. The van der Waals surface area contributed by atoms with E-state index >= 15 is 0 Å². The summed E-state index contributed by atoms with van der Waals surface area (Å²) in [6, 6.07) is 0. The molecule has 21 heavy (non-hydrogen) atoms. The van der Waals surface area contributed by atoms with Crippen LogP contribution in [0.5, 0.6) is 0 Å². The number of thioether (sulfide) groups is 1.